The van der Waals surface area contributed by atoms with Crippen LogP contribution in [0.5, 0.6) is 0 Å². The molecule has 2 aromatic rings. The summed E-state index contributed by atoms with van der Waals surface area (Å²) in [5, 5.41) is 1.78. The van der Waals surface area contributed by atoms with Crippen molar-refractivity contribution < 1.29 is 8.78 Å². The topological polar surface area (TPSA) is 0 Å². The Labute approximate surface area is 121 Å². The van der Waals surface area contributed by atoms with E-state index in [9.17, 15) is 8.78 Å². The number of halogens is 4. The lowest BCUT2D eigenvalue weighted by molar-refractivity contribution is 0.507. The van der Waals surface area contributed by atoms with Gasteiger partial charge in [-0.25, -0.2) is 8.78 Å². The summed E-state index contributed by atoms with van der Waals surface area (Å²) in [7, 11) is 0. The van der Waals surface area contributed by atoms with Crippen LogP contribution >= 0.6 is 45.5 Å². The van der Waals surface area contributed by atoms with E-state index in [-0.39, 0.29) is 5.38 Å². The molecule has 17 heavy (non-hydrogen) atoms. The molecular formula is C12H8ClF2IS. The molecule has 2 rings (SSSR count). The molecular weight excluding hydrogens is 377 g/mol. The number of rotatable bonds is 3. The van der Waals surface area contributed by atoms with E-state index in [0.717, 1.165) is 14.5 Å². The minimum atomic E-state index is -0.829. The molecule has 1 aromatic carbocycles. The molecule has 1 aromatic heterocycles. The lowest BCUT2D eigenvalue weighted by Crippen LogP contribution is -1.96. The molecule has 0 N–H and O–H groups in total. The molecule has 1 heterocycles. The van der Waals surface area contributed by atoms with Crippen molar-refractivity contribution >= 4 is 45.5 Å². The molecule has 90 valence electrons. The Morgan fingerprint density at radius 1 is 1.24 bits per heavy atom. The largest absolute Gasteiger partial charge is 0.204 e. The highest BCUT2D eigenvalue weighted by molar-refractivity contribution is 14.1. The second kappa shape index (κ2) is 5.63. The van der Waals surface area contributed by atoms with Gasteiger partial charge in [0, 0.05) is 0 Å². The summed E-state index contributed by atoms with van der Waals surface area (Å²) in [6.07, 6.45) is 0.492. The Morgan fingerprint density at radius 3 is 2.59 bits per heavy atom. The van der Waals surface area contributed by atoms with E-state index in [2.05, 4.69) is 22.6 Å². The average molecular weight is 385 g/mol. The fourth-order valence-electron chi connectivity index (χ4n) is 1.48. The van der Waals surface area contributed by atoms with Crippen LogP contribution in [0.2, 0.25) is 0 Å². The summed E-state index contributed by atoms with van der Waals surface area (Å²) in [6, 6.07) is 5.89. The third kappa shape index (κ3) is 3.39. The minimum absolute atomic E-state index is 0.209. The summed E-state index contributed by atoms with van der Waals surface area (Å²) in [5.41, 5.74) is 1.72. The molecule has 1 atom stereocenters. The van der Waals surface area contributed by atoms with Crippen molar-refractivity contribution in [2.75, 3.05) is 0 Å². The van der Waals surface area contributed by atoms with Crippen molar-refractivity contribution in [2.24, 2.45) is 0 Å². The first-order valence-electron chi connectivity index (χ1n) is 4.88. The molecule has 1 unspecified atom stereocenters. The molecule has 0 aliphatic carbocycles. The van der Waals surface area contributed by atoms with Gasteiger partial charge in [-0.15, -0.1) is 22.9 Å². The van der Waals surface area contributed by atoms with Crippen molar-refractivity contribution in [2.45, 2.75) is 11.8 Å². The normalized spacial score (nSPS) is 12.7. The third-order valence-corrected chi connectivity index (χ3v) is 4.56. The third-order valence-electron chi connectivity index (χ3n) is 2.35. The number of hydrogen-bond acceptors (Lipinski definition) is 1. The number of hydrogen-bond donors (Lipinski definition) is 0. The van der Waals surface area contributed by atoms with Gasteiger partial charge in [0.1, 0.15) is 0 Å². The highest BCUT2D eigenvalue weighted by atomic mass is 127. The summed E-state index contributed by atoms with van der Waals surface area (Å²) in [5.74, 6) is -1.66. The van der Waals surface area contributed by atoms with Crippen molar-refractivity contribution in [3.05, 3.63) is 55.3 Å². The Bertz CT molecular complexity index is 527. The highest BCUT2D eigenvalue weighted by Crippen LogP contribution is 2.29. The maximum Gasteiger partial charge on any atom is 0.159 e. The van der Waals surface area contributed by atoms with Gasteiger partial charge in [-0.1, -0.05) is 6.07 Å². The van der Waals surface area contributed by atoms with Crippen LogP contribution in [0, 0.1) is 14.5 Å². The molecule has 0 aliphatic rings. The molecule has 0 amide bonds. The predicted molar refractivity (Wildman–Crippen MR) is 75.7 cm³/mol. The standard InChI is InChI=1S/C12H8ClF2IS/c13-9(8-5-12(16)17-6-8)3-7-1-2-10(14)11(15)4-7/h1-2,4-6,9H,3H2. The lowest BCUT2D eigenvalue weighted by Gasteiger charge is -2.07. The first-order valence-corrected chi connectivity index (χ1v) is 7.27. The van der Waals surface area contributed by atoms with Gasteiger partial charge in [-0.2, -0.15) is 0 Å². The second-order valence-corrected chi connectivity index (χ2v) is 6.94. The molecule has 0 radical (unpaired) electrons. The molecule has 0 saturated carbocycles. The molecule has 0 nitrogen and oxygen atoms in total. The van der Waals surface area contributed by atoms with Gasteiger partial charge in [0.05, 0.1) is 8.26 Å². The van der Waals surface area contributed by atoms with Crippen molar-refractivity contribution in [1.29, 1.82) is 0 Å². The predicted octanol–water partition coefficient (Wildman–Crippen LogP) is 5.15. The van der Waals surface area contributed by atoms with Gasteiger partial charge < -0.3 is 0 Å². The van der Waals surface area contributed by atoms with Gasteiger partial charge >= 0.3 is 0 Å². The highest BCUT2D eigenvalue weighted by Gasteiger charge is 2.12. The minimum Gasteiger partial charge on any atom is -0.204 e. The lowest BCUT2D eigenvalue weighted by atomic mass is 10.1. The maximum atomic E-state index is 13.0. The van der Waals surface area contributed by atoms with E-state index < -0.39 is 11.6 Å². The van der Waals surface area contributed by atoms with Gasteiger partial charge in [0.2, 0.25) is 0 Å². The van der Waals surface area contributed by atoms with E-state index in [1.807, 2.05) is 11.4 Å². The molecule has 0 saturated heterocycles. The van der Waals surface area contributed by atoms with Gasteiger partial charge in [0.15, 0.2) is 11.6 Å². The Kier molecular flexibility index (Phi) is 4.38. The van der Waals surface area contributed by atoms with Crippen LogP contribution in [0.15, 0.2) is 29.6 Å². The van der Waals surface area contributed by atoms with E-state index >= 15 is 0 Å². The quantitative estimate of drug-likeness (QED) is 0.507. The summed E-state index contributed by atoms with van der Waals surface area (Å²) < 4.78 is 26.9. The fourth-order valence-corrected chi connectivity index (χ4v) is 3.28. The molecule has 0 bridgehead atoms. The zero-order valence-corrected chi connectivity index (χ0v) is 12.3. The Balaban J connectivity index is 2.12. The van der Waals surface area contributed by atoms with Crippen LogP contribution in [0.3, 0.4) is 0 Å². The number of alkyl halides is 1. The zero-order chi connectivity index (χ0) is 12.4. The molecule has 5 heteroatoms. The maximum absolute atomic E-state index is 13.0. The van der Waals surface area contributed by atoms with Crippen LogP contribution in [0.4, 0.5) is 8.78 Å². The van der Waals surface area contributed by atoms with Gasteiger partial charge in [-0.3, -0.25) is 0 Å². The van der Waals surface area contributed by atoms with Crippen molar-refractivity contribution in [3.8, 4) is 0 Å². The van der Waals surface area contributed by atoms with Crippen LogP contribution in [0.25, 0.3) is 0 Å². The van der Waals surface area contributed by atoms with Crippen LogP contribution in [-0.2, 0) is 6.42 Å². The monoisotopic (exact) mass is 384 g/mol. The van der Waals surface area contributed by atoms with E-state index in [0.29, 0.717) is 12.0 Å². The Morgan fingerprint density at radius 2 is 2.00 bits per heavy atom. The van der Waals surface area contributed by atoms with E-state index in [1.54, 1.807) is 17.4 Å². The first-order chi connectivity index (χ1) is 8.06. The molecule has 0 aliphatic heterocycles. The van der Waals surface area contributed by atoms with Crippen LogP contribution in [0.1, 0.15) is 16.5 Å². The SMILES string of the molecule is Fc1ccc(CC(Cl)c2csc(I)c2)cc1F. The summed E-state index contributed by atoms with van der Waals surface area (Å²) >= 11 is 10.1. The zero-order valence-electron chi connectivity index (χ0n) is 8.59. The van der Waals surface area contributed by atoms with E-state index in [4.69, 9.17) is 11.6 Å². The molecule has 0 spiro atoms. The Hall–Kier alpha value is -0.200. The average Bonchev–Trinajstić information content (AvgIpc) is 2.70. The molecule has 0 fully saturated rings. The van der Waals surface area contributed by atoms with E-state index in [1.165, 1.54) is 6.07 Å². The smallest absolute Gasteiger partial charge is 0.159 e. The fraction of sp³-hybridized carbons (Fsp3) is 0.167. The van der Waals surface area contributed by atoms with Crippen LogP contribution < -0.4 is 0 Å². The van der Waals surface area contributed by atoms with Crippen molar-refractivity contribution in [3.63, 3.8) is 0 Å². The van der Waals surface area contributed by atoms with Gasteiger partial charge in [-0.05, 0) is 63.7 Å². The first kappa shape index (κ1) is 13.2. The van der Waals surface area contributed by atoms with Gasteiger partial charge in [0.25, 0.3) is 0 Å². The number of thiophene rings is 1. The van der Waals surface area contributed by atoms with Crippen LogP contribution in [-0.4, -0.2) is 0 Å². The number of benzene rings is 1. The summed E-state index contributed by atoms with van der Waals surface area (Å²) in [6.45, 7) is 0. The summed E-state index contributed by atoms with van der Waals surface area (Å²) in [4.78, 5) is 0. The van der Waals surface area contributed by atoms with Crippen molar-refractivity contribution in [1.82, 2.24) is 0 Å². The second-order valence-electron chi connectivity index (χ2n) is 3.60.